The molecule has 1 heterocycles. The van der Waals surface area contributed by atoms with Gasteiger partial charge in [0, 0.05) is 0 Å². The molecule has 7 heteroatoms. The molecule has 0 saturated heterocycles. The van der Waals surface area contributed by atoms with Gasteiger partial charge in [0.2, 0.25) is 5.91 Å². The zero-order valence-corrected chi connectivity index (χ0v) is 14.7. The lowest BCUT2D eigenvalue weighted by atomic mass is 9.55. The van der Waals surface area contributed by atoms with E-state index in [4.69, 9.17) is 0 Å². The van der Waals surface area contributed by atoms with Crippen LogP contribution in [-0.4, -0.2) is 10.9 Å². The summed E-state index contributed by atoms with van der Waals surface area (Å²) >= 11 is 0.964. The van der Waals surface area contributed by atoms with Gasteiger partial charge in [0.25, 0.3) is 0 Å². The summed E-state index contributed by atoms with van der Waals surface area (Å²) in [5.41, 5.74) is -0.438. The number of rotatable bonds is 2. The topological polar surface area (TPSA) is 42.0 Å². The molecule has 2 bridgehead atoms. The van der Waals surface area contributed by atoms with Gasteiger partial charge in [0.1, 0.15) is 5.52 Å². The molecule has 0 spiro atoms. The number of fused-ring (bicyclic) bond motifs is 3. The number of thiazole rings is 1. The smallest absolute Gasteiger partial charge is 0.232 e. The Bertz CT molecular complexity index is 854. The molecule has 25 heavy (non-hydrogen) atoms. The Kier molecular flexibility index (Phi) is 3.83. The van der Waals surface area contributed by atoms with Gasteiger partial charge in [-0.3, -0.25) is 4.79 Å². The van der Waals surface area contributed by atoms with Crippen LogP contribution >= 0.6 is 11.3 Å². The molecular weight excluding hydrogens is 349 g/mol. The molecule has 1 N–H and O–H groups in total. The van der Waals surface area contributed by atoms with Crippen LogP contribution in [0, 0.1) is 28.3 Å². The maximum absolute atomic E-state index is 13.8. The number of carbonyl (C=O) groups is 1. The SMILES string of the molecule is CC12CCCC(C(=O)Nc3nc4c(F)c(F)c(F)cc4s3)(CCC1)C2. The maximum Gasteiger partial charge on any atom is 0.232 e. The summed E-state index contributed by atoms with van der Waals surface area (Å²) in [5.74, 6) is -4.20. The van der Waals surface area contributed by atoms with E-state index in [1.807, 2.05) is 0 Å². The fourth-order valence-electron chi connectivity index (χ4n) is 4.69. The van der Waals surface area contributed by atoms with Crippen molar-refractivity contribution in [2.45, 2.75) is 51.9 Å². The summed E-state index contributed by atoms with van der Waals surface area (Å²) < 4.78 is 40.7. The Morgan fingerprint density at radius 3 is 2.52 bits per heavy atom. The Morgan fingerprint density at radius 2 is 1.84 bits per heavy atom. The number of amides is 1. The van der Waals surface area contributed by atoms with E-state index in [0.717, 1.165) is 62.3 Å². The molecule has 1 aromatic carbocycles. The summed E-state index contributed by atoms with van der Waals surface area (Å²) in [5, 5.41) is 2.98. The maximum atomic E-state index is 13.8. The van der Waals surface area contributed by atoms with Crippen molar-refractivity contribution in [3.63, 3.8) is 0 Å². The number of halogens is 3. The number of anilines is 1. The lowest BCUT2D eigenvalue weighted by Crippen LogP contribution is -2.46. The Hall–Kier alpha value is -1.63. The predicted octanol–water partition coefficient (Wildman–Crippen LogP) is 5.40. The van der Waals surface area contributed by atoms with Crippen LogP contribution < -0.4 is 5.32 Å². The van der Waals surface area contributed by atoms with Crippen LogP contribution in [0.1, 0.15) is 51.9 Å². The second-order valence-electron chi connectivity index (χ2n) is 7.78. The number of hydrogen-bond donors (Lipinski definition) is 1. The van der Waals surface area contributed by atoms with Crippen molar-refractivity contribution in [2.24, 2.45) is 10.8 Å². The van der Waals surface area contributed by atoms with Gasteiger partial charge >= 0.3 is 0 Å². The van der Waals surface area contributed by atoms with Crippen molar-refractivity contribution in [3.8, 4) is 0 Å². The first-order valence-electron chi connectivity index (χ1n) is 8.58. The summed E-state index contributed by atoms with van der Waals surface area (Å²) in [6.07, 6.45) is 6.88. The summed E-state index contributed by atoms with van der Waals surface area (Å²) in [4.78, 5) is 16.9. The minimum Gasteiger partial charge on any atom is -0.301 e. The molecule has 2 saturated carbocycles. The molecule has 0 radical (unpaired) electrons. The molecule has 2 aliphatic carbocycles. The Morgan fingerprint density at radius 1 is 1.16 bits per heavy atom. The summed E-state index contributed by atoms with van der Waals surface area (Å²) in [6.45, 7) is 2.24. The van der Waals surface area contributed by atoms with Crippen LogP contribution in [0.5, 0.6) is 0 Å². The van der Waals surface area contributed by atoms with Gasteiger partial charge in [-0.25, -0.2) is 18.2 Å². The average Bonchev–Trinajstić information content (AvgIpc) is 2.94. The molecule has 0 aliphatic heterocycles. The van der Waals surface area contributed by atoms with Crippen LogP contribution in [0.4, 0.5) is 18.3 Å². The van der Waals surface area contributed by atoms with Crippen molar-refractivity contribution < 1.29 is 18.0 Å². The lowest BCUT2D eigenvalue weighted by Gasteiger charge is -2.49. The molecule has 0 atom stereocenters. The van der Waals surface area contributed by atoms with E-state index in [-0.39, 0.29) is 26.7 Å². The van der Waals surface area contributed by atoms with Crippen molar-refractivity contribution in [3.05, 3.63) is 23.5 Å². The third-order valence-electron chi connectivity index (χ3n) is 5.86. The van der Waals surface area contributed by atoms with Gasteiger partial charge in [-0.2, -0.15) is 0 Å². The zero-order valence-electron chi connectivity index (χ0n) is 13.9. The lowest BCUT2D eigenvalue weighted by molar-refractivity contribution is -0.133. The highest BCUT2D eigenvalue weighted by Gasteiger charge is 2.49. The molecule has 3 nitrogen and oxygen atoms in total. The van der Waals surface area contributed by atoms with E-state index < -0.39 is 22.9 Å². The Labute approximate surface area is 147 Å². The molecule has 2 aliphatic rings. The standard InChI is InChI=1S/C18H19F3N2OS/c1-17-4-2-6-18(9-17,7-3-5-17)15(24)23-16-22-14-11(25-16)8-10(19)12(20)13(14)21/h8H,2-7,9H2,1H3,(H,22,23,24). The molecule has 1 amide bonds. The highest BCUT2D eigenvalue weighted by molar-refractivity contribution is 7.22. The van der Waals surface area contributed by atoms with Gasteiger partial charge < -0.3 is 5.32 Å². The van der Waals surface area contributed by atoms with Crippen LogP contribution in [0.15, 0.2) is 6.07 Å². The average molecular weight is 368 g/mol. The van der Waals surface area contributed by atoms with Gasteiger partial charge in [0.05, 0.1) is 10.1 Å². The number of aromatic nitrogens is 1. The van der Waals surface area contributed by atoms with E-state index >= 15 is 0 Å². The molecule has 1 aromatic heterocycles. The number of nitrogens with one attached hydrogen (secondary N) is 1. The van der Waals surface area contributed by atoms with E-state index in [1.54, 1.807) is 0 Å². The molecule has 4 rings (SSSR count). The first kappa shape index (κ1) is 16.8. The molecule has 2 fully saturated rings. The van der Waals surface area contributed by atoms with E-state index in [0.29, 0.717) is 0 Å². The molecule has 0 unspecified atom stereocenters. The van der Waals surface area contributed by atoms with Gasteiger partial charge in [-0.1, -0.05) is 31.1 Å². The highest BCUT2D eigenvalue weighted by atomic mass is 32.1. The second-order valence-corrected chi connectivity index (χ2v) is 8.81. The van der Waals surface area contributed by atoms with E-state index in [9.17, 15) is 18.0 Å². The second kappa shape index (κ2) is 5.69. The van der Waals surface area contributed by atoms with Gasteiger partial charge in [0.15, 0.2) is 22.6 Å². The quantitative estimate of drug-likeness (QED) is 0.721. The largest absolute Gasteiger partial charge is 0.301 e. The van der Waals surface area contributed by atoms with Crippen molar-refractivity contribution in [1.82, 2.24) is 4.98 Å². The first-order valence-corrected chi connectivity index (χ1v) is 9.39. The summed E-state index contributed by atoms with van der Waals surface area (Å²) in [6, 6.07) is 0.914. The fraction of sp³-hybridized carbons (Fsp3) is 0.556. The number of benzene rings is 1. The predicted molar refractivity (Wildman–Crippen MR) is 91.0 cm³/mol. The van der Waals surface area contributed by atoms with Crippen molar-refractivity contribution in [2.75, 3.05) is 5.32 Å². The third kappa shape index (κ3) is 2.72. The third-order valence-corrected chi connectivity index (χ3v) is 6.78. The van der Waals surface area contributed by atoms with Crippen LogP contribution in [-0.2, 0) is 4.79 Å². The minimum atomic E-state index is -1.54. The van der Waals surface area contributed by atoms with Crippen LogP contribution in [0.2, 0.25) is 0 Å². The number of nitrogens with zero attached hydrogens (tertiary/aromatic N) is 1. The van der Waals surface area contributed by atoms with E-state index in [2.05, 4.69) is 17.2 Å². The first-order chi connectivity index (χ1) is 11.8. The zero-order chi connectivity index (χ0) is 17.8. The number of hydrogen-bond acceptors (Lipinski definition) is 3. The molecular formula is C18H19F3N2OS. The molecule has 134 valence electrons. The van der Waals surface area contributed by atoms with E-state index in [1.165, 1.54) is 0 Å². The molecule has 2 aromatic rings. The fourth-order valence-corrected chi connectivity index (χ4v) is 5.58. The van der Waals surface area contributed by atoms with Crippen LogP contribution in [0.3, 0.4) is 0 Å². The van der Waals surface area contributed by atoms with Crippen molar-refractivity contribution in [1.29, 1.82) is 0 Å². The van der Waals surface area contributed by atoms with Crippen LogP contribution in [0.25, 0.3) is 10.2 Å². The highest BCUT2D eigenvalue weighted by Crippen LogP contribution is 2.55. The normalized spacial score (nSPS) is 29.0. The Balaban J connectivity index is 1.63. The van der Waals surface area contributed by atoms with Gasteiger partial charge in [-0.05, 0) is 43.6 Å². The van der Waals surface area contributed by atoms with Gasteiger partial charge in [-0.15, -0.1) is 0 Å². The summed E-state index contributed by atoms with van der Waals surface area (Å²) in [7, 11) is 0. The monoisotopic (exact) mass is 368 g/mol. The minimum absolute atomic E-state index is 0.0986. The van der Waals surface area contributed by atoms with Crippen molar-refractivity contribution >= 4 is 32.6 Å². The number of carbonyl (C=O) groups excluding carboxylic acids is 1.